The second-order valence-corrected chi connectivity index (χ2v) is 8.00. The van der Waals surface area contributed by atoms with E-state index in [2.05, 4.69) is 4.90 Å². The Morgan fingerprint density at radius 1 is 1.00 bits per heavy atom. The molecule has 0 amide bonds. The smallest absolute Gasteiger partial charge is 0.154 e. The van der Waals surface area contributed by atoms with E-state index in [-0.39, 0.29) is 17.5 Å². The van der Waals surface area contributed by atoms with Crippen molar-refractivity contribution in [1.82, 2.24) is 4.90 Å². The third-order valence-corrected chi connectivity index (χ3v) is 6.45. The number of hydrogen-bond acceptors (Lipinski definition) is 4. The van der Waals surface area contributed by atoms with E-state index >= 15 is 0 Å². The molecule has 0 spiro atoms. The largest absolute Gasteiger partial charge is 0.390 e. The molecule has 3 aliphatic rings. The minimum absolute atomic E-state index is 0.0362. The Morgan fingerprint density at radius 2 is 1.76 bits per heavy atom. The number of piperidine rings is 1. The molecule has 17 heavy (non-hydrogen) atoms. The molecule has 0 radical (unpaired) electrons. The van der Waals surface area contributed by atoms with Crippen LogP contribution in [0, 0.1) is 5.92 Å². The Bertz CT molecular complexity index is 395. The topological polar surface area (TPSA) is 57.6 Å². The standard InChI is InChI=1S/C12H21NO3S/c14-12-8-17(15,16)7-11(12)13-6-2-4-9-3-1-5-10(9)13/h9-12,14H,1-8H2. The van der Waals surface area contributed by atoms with Crippen molar-refractivity contribution < 1.29 is 13.5 Å². The lowest BCUT2D eigenvalue weighted by atomic mass is 9.90. The van der Waals surface area contributed by atoms with Gasteiger partial charge in [0.05, 0.1) is 23.7 Å². The summed E-state index contributed by atoms with van der Waals surface area (Å²) in [5.41, 5.74) is 0. The molecule has 0 bridgehead atoms. The van der Waals surface area contributed by atoms with Crippen LogP contribution in [0.3, 0.4) is 0 Å². The maximum Gasteiger partial charge on any atom is 0.154 e. The normalized spacial score (nSPS) is 45.9. The number of nitrogens with zero attached hydrogens (tertiary/aromatic N) is 1. The Kier molecular flexibility index (Phi) is 2.96. The molecular formula is C12H21NO3S. The minimum atomic E-state index is -3.01. The third-order valence-electron chi connectivity index (χ3n) is 4.76. The van der Waals surface area contributed by atoms with Crippen molar-refractivity contribution in [2.24, 2.45) is 5.92 Å². The zero-order chi connectivity index (χ0) is 12.0. The molecule has 3 fully saturated rings. The average Bonchev–Trinajstić information content (AvgIpc) is 2.81. The lowest BCUT2D eigenvalue weighted by Crippen LogP contribution is -2.52. The molecular weight excluding hydrogens is 238 g/mol. The molecule has 1 N–H and O–H groups in total. The van der Waals surface area contributed by atoms with Gasteiger partial charge in [-0.25, -0.2) is 8.42 Å². The van der Waals surface area contributed by atoms with Crippen LogP contribution < -0.4 is 0 Å². The van der Waals surface area contributed by atoms with E-state index in [1.54, 1.807) is 0 Å². The fraction of sp³-hybridized carbons (Fsp3) is 1.00. The molecule has 3 rings (SSSR count). The number of likely N-dealkylation sites (tertiary alicyclic amines) is 1. The van der Waals surface area contributed by atoms with Gasteiger partial charge in [0, 0.05) is 6.04 Å². The summed E-state index contributed by atoms with van der Waals surface area (Å²) in [4.78, 5) is 2.32. The van der Waals surface area contributed by atoms with E-state index in [9.17, 15) is 13.5 Å². The lowest BCUT2D eigenvalue weighted by Gasteiger charge is -2.42. The molecule has 1 aliphatic carbocycles. The molecule has 4 unspecified atom stereocenters. The molecule has 1 saturated carbocycles. The van der Waals surface area contributed by atoms with Gasteiger partial charge in [-0.1, -0.05) is 6.42 Å². The highest BCUT2D eigenvalue weighted by molar-refractivity contribution is 7.91. The van der Waals surface area contributed by atoms with E-state index in [1.807, 2.05) is 0 Å². The van der Waals surface area contributed by atoms with Crippen LogP contribution in [0.4, 0.5) is 0 Å². The quantitative estimate of drug-likeness (QED) is 0.741. The Hall–Kier alpha value is -0.130. The van der Waals surface area contributed by atoms with Crippen molar-refractivity contribution in [3.63, 3.8) is 0 Å². The molecule has 0 aromatic heterocycles. The van der Waals surface area contributed by atoms with Gasteiger partial charge in [0.2, 0.25) is 0 Å². The lowest BCUT2D eigenvalue weighted by molar-refractivity contribution is 0.0194. The van der Waals surface area contributed by atoms with Gasteiger partial charge >= 0.3 is 0 Å². The Balaban J connectivity index is 1.79. The second kappa shape index (κ2) is 4.21. The van der Waals surface area contributed by atoms with Crippen molar-refractivity contribution in [3.05, 3.63) is 0 Å². The van der Waals surface area contributed by atoms with Gasteiger partial charge in [0.25, 0.3) is 0 Å². The van der Waals surface area contributed by atoms with E-state index in [4.69, 9.17) is 0 Å². The summed E-state index contributed by atoms with van der Waals surface area (Å²) in [6.07, 6.45) is 5.52. The number of hydrogen-bond donors (Lipinski definition) is 1. The molecule has 0 aromatic rings. The highest BCUT2D eigenvalue weighted by atomic mass is 32.2. The summed E-state index contributed by atoms with van der Waals surface area (Å²) in [6.45, 7) is 0.971. The van der Waals surface area contributed by atoms with Crippen LogP contribution in [0.15, 0.2) is 0 Å². The summed E-state index contributed by atoms with van der Waals surface area (Å²) in [7, 11) is -3.01. The fourth-order valence-corrected chi connectivity index (χ4v) is 5.84. The molecule has 2 saturated heterocycles. The molecule has 2 heterocycles. The van der Waals surface area contributed by atoms with Crippen LogP contribution in [-0.2, 0) is 9.84 Å². The van der Waals surface area contributed by atoms with Gasteiger partial charge in [0.15, 0.2) is 9.84 Å². The first kappa shape index (κ1) is 11.9. The maximum absolute atomic E-state index is 11.6. The zero-order valence-corrected chi connectivity index (χ0v) is 10.9. The summed E-state index contributed by atoms with van der Waals surface area (Å²) >= 11 is 0. The molecule has 98 valence electrons. The van der Waals surface area contributed by atoms with Crippen LogP contribution in [0.25, 0.3) is 0 Å². The Morgan fingerprint density at radius 3 is 2.47 bits per heavy atom. The predicted molar refractivity (Wildman–Crippen MR) is 65.5 cm³/mol. The molecule has 5 heteroatoms. The zero-order valence-electron chi connectivity index (χ0n) is 10.1. The first-order valence-electron chi connectivity index (χ1n) is 6.71. The first-order chi connectivity index (χ1) is 8.07. The predicted octanol–water partition coefficient (Wildman–Crippen LogP) is 0.409. The highest BCUT2D eigenvalue weighted by Gasteiger charge is 2.45. The van der Waals surface area contributed by atoms with E-state index in [0.717, 1.165) is 18.9 Å². The molecule has 2 aliphatic heterocycles. The highest BCUT2D eigenvalue weighted by Crippen LogP contribution is 2.39. The number of fused-ring (bicyclic) bond motifs is 1. The van der Waals surface area contributed by atoms with Gasteiger partial charge in [-0.2, -0.15) is 0 Å². The van der Waals surface area contributed by atoms with Crippen LogP contribution >= 0.6 is 0 Å². The summed E-state index contributed by atoms with van der Waals surface area (Å²) in [5, 5.41) is 9.98. The van der Waals surface area contributed by atoms with Crippen molar-refractivity contribution in [2.45, 2.75) is 50.3 Å². The van der Waals surface area contributed by atoms with E-state index < -0.39 is 15.9 Å². The van der Waals surface area contributed by atoms with Crippen molar-refractivity contribution >= 4 is 9.84 Å². The average molecular weight is 259 g/mol. The van der Waals surface area contributed by atoms with Gasteiger partial charge in [0.1, 0.15) is 0 Å². The van der Waals surface area contributed by atoms with Crippen molar-refractivity contribution in [3.8, 4) is 0 Å². The Labute approximate surface area is 103 Å². The van der Waals surface area contributed by atoms with E-state index in [1.165, 1.54) is 25.7 Å². The summed E-state index contributed by atoms with van der Waals surface area (Å²) in [6, 6.07) is 0.405. The third kappa shape index (κ3) is 2.13. The van der Waals surface area contributed by atoms with Gasteiger partial charge in [-0.15, -0.1) is 0 Å². The van der Waals surface area contributed by atoms with E-state index in [0.29, 0.717) is 6.04 Å². The fourth-order valence-electron chi connectivity index (χ4n) is 4.03. The van der Waals surface area contributed by atoms with Gasteiger partial charge in [-0.3, -0.25) is 4.90 Å². The number of rotatable bonds is 1. The summed E-state index contributed by atoms with van der Waals surface area (Å²) in [5.74, 6) is 0.877. The van der Waals surface area contributed by atoms with Crippen LogP contribution in [-0.4, -0.2) is 54.7 Å². The van der Waals surface area contributed by atoms with Gasteiger partial charge < -0.3 is 5.11 Å². The monoisotopic (exact) mass is 259 g/mol. The maximum atomic E-state index is 11.6. The number of aliphatic hydroxyl groups is 1. The van der Waals surface area contributed by atoms with Crippen LogP contribution in [0.5, 0.6) is 0 Å². The number of aliphatic hydroxyl groups excluding tert-OH is 1. The van der Waals surface area contributed by atoms with Crippen molar-refractivity contribution in [2.75, 3.05) is 18.1 Å². The summed E-state index contributed by atoms with van der Waals surface area (Å²) < 4.78 is 23.2. The van der Waals surface area contributed by atoms with Crippen LogP contribution in [0.2, 0.25) is 0 Å². The molecule has 4 atom stereocenters. The minimum Gasteiger partial charge on any atom is -0.390 e. The molecule has 0 aromatic carbocycles. The SMILES string of the molecule is O=S1(=O)CC(O)C(N2CCCC3CCCC32)C1. The van der Waals surface area contributed by atoms with Gasteiger partial charge in [-0.05, 0) is 38.1 Å². The second-order valence-electron chi connectivity index (χ2n) is 5.85. The van der Waals surface area contributed by atoms with Crippen LogP contribution in [0.1, 0.15) is 32.1 Å². The first-order valence-corrected chi connectivity index (χ1v) is 8.53. The molecule has 4 nitrogen and oxygen atoms in total. The number of sulfone groups is 1. The van der Waals surface area contributed by atoms with Crippen molar-refractivity contribution in [1.29, 1.82) is 0 Å².